The Kier molecular flexibility index (Phi) is 6.51. The van der Waals surface area contributed by atoms with E-state index in [0.717, 1.165) is 25.7 Å². The van der Waals surface area contributed by atoms with Crippen molar-refractivity contribution in [1.82, 2.24) is 15.1 Å². The van der Waals surface area contributed by atoms with E-state index in [9.17, 15) is 14.9 Å². The summed E-state index contributed by atoms with van der Waals surface area (Å²) >= 11 is 0. The predicted octanol–water partition coefficient (Wildman–Crippen LogP) is 0.460. The molecule has 1 aromatic rings. The molecule has 0 aromatic carbocycles. The average Bonchev–Trinajstić information content (AvgIpc) is 2.82. The molecule has 1 heterocycles. The van der Waals surface area contributed by atoms with Gasteiger partial charge in [-0.15, -0.1) is 0 Å². The largest absolute Gasteiger partial charge is 0.396 e. The molecule has 0 aliphatic rings. The Morgan fingerprint density at radius 3 is 2.79 bits per heavy atom. The van der Waals surface area contributed by atoms with E-state index < -0.39 is 4.92 Å². The second kappa shape index (κ2) is 8.20. The SMILES string of the molecule is O=C(Cn1ccc([N+](=O)[O-])n1)NCCCCCCO. The Bertz CT molecular complexity index is 419. The van der Waals surface area contributed by atoms with Crippen molar-refractivity contribution in [3.63, 3.8) is 0 Å². The Labute approximate surface area is 110 Å². The molecular weight excluding hydrogens is 252 g/mol. The topological polar surface area (TPSA) is 110 Å². The first-order valence-electron chi connectivity index (χ1n) is 6.19. The van der Waals surface area contributed by atoms with Gasteiger partial charge in [0.25, 0.3) is 0 Å². The van der Waals surface area contributed by atoms with Crippen LogP contribution in [0.1, 0.15) is 25.7 Å². The van der Waals surface area contributed by atoms with Crippen LogP contribution in [0.4, 0.5) is 5.82 Å². The van der Waals surface area contributed by atoms with Gasteiger partial charge in [-0.2, -0.15) is 4.68 Å². The molecule has 8 heteroatoms. The van der Waals surface area contributed by atoms with Crippen molar-refractivity contribution in [3.05, 3.63) is 22.4 Å². The van der Waals surface area contributed by atoms with Crippen molar-refractivity contribution in [2.45, 2.75) is 32.2 Å². The molecule has 1 aromatic heterocycles. The maximum atomic E-state index is 11.5. The summed E-state index contributed by atoms with van der Waals surface area (Å²) < 4.78 is 1.24. The lowest BCUT2D eigenvalue weighted by Crippen LogP contribution is -2.28. The monoisotopic (exact) mass is 270 g/mol. The highest BCUT2D eigenvalue weighted by Crippen LogP contribution is 2.04. The summed E-state index contributed by atoms with van der Waals surface area (Å²) in [5.74, 6) is -0.489. The van der Waals surface area contributed by atoms with Gasteiger partial charge in [0.15, 0.2) is 0 Å². The van der Waals surface area contributed by atoms with Crippen LogP contribution in [0.5, 0.6) is 0 Å². The van der Waals surface area contributed by atoms with Gasteiger partial charge in [-0.3, -0.25) is 4.79 Å². The molecule has 0 spiro atoms. The zero-order chi connectivity index (χ0) is 14.1. The van der Waals surface area contributed by atoms with Gasteiger partial charge in [-0.05, 0) is 17.8 Å². The van der Waals surface area contributed by atoms with Crippen molar-refractivity contribution < 1.29 is 14.8 Å². The number of hydrogen-bond donors (Lipinski definition) is 2. The number of hydrogen-bond acceptors (Lipinski definition) is 5. The number of aliphatic hydroxyl groups is 1. The third-order valence-corrected chi connectivity index (χ3v) is 2.53. The standard InChI is InChI=1S/C11H18N4O4/c16-8-4-2-1-3-6-12-11(17)9-14-7-5-10(13-14)15(18)19/h5,7,16H,1-4,6,8-9H2,(H,12,17). The Hall–Kier alpha value is -1.96. The molecule has 0 saturated heterocycles. The molecule has 19 heavy (non-hydrogen) atoms. The molecule has 0 radical (unpaired) electrons. The average molecular weight is 270 g/mol. The number of amides is 1. The minimum atomic E-state index is -0.602. The van der Waals surface area contributed by atoms with E-state index in [2.05, 4.69) is 10.4 Å². The first kappa shape index (κ1) is 15.1. The van der Waals surface area contributed by atoms with Crippen LogP contribution in [-0.4, -0.2) is 38.9 Å². The molecule has 1 amide bonds. The number of nitrogens with one attached hydrogen (secondary N) is 1. The lowest BCUT2D eigenvalue weighted by Gasteiger charge is -2.03. The van der Waals surface area contributed by atoms with Crippen molar-refractivity contribution in [1.29, 1.82) is 0 Å². The lowest BCUT2D eigenvalue weighted by atomic mass is 10.2. The number of carbonyl (C=O) groups excluding carboxylic acids is 1. The van der Waals surface area contributed by atoms with Crippen LogP contribution in [0.3, 0.4) is 0 Å². The second-order valence-electron chi connectivity index (χ2n) is 4.12. The van der Waals surface area contributed by atoms with Crippen LogP contribution in [-0.2, 0) is 11.3 Å². The van der Waals surface area contributed by atoms with Crippen LogP contribution in [0, 0.1) is 10.1 Å². The fourth-order valence-corrected chi connectivity index (χ4v) is 1.56. The number of nitro groups is 1. The summed E-state index contributed by atoms with van der Waals surface area (Å²) in [5, 5.41) is 25.4. The van der Waals surface area contributed by atoms with Crippen molar-refractivity contribution in [2.24, 2.45) is 0 Å². The first-order valence-corrected chi connectivity index (χ1v) is 6.19. The summed E-state index contributed by atoms with van der Waals surface area (Å²) in [4.78, 5) is 21.3. The van der Waals surface area contributed by atoms with E-state index in [4.69, 9.17) is 5.11 Å². The van der Waals surface area contributed by atoms with Gasteiger partial charge < -0.3 is 20.5 Å². The molecule has 106 valence electrons. The second-order valence-corrected chi connectivity index (χ2v) is 4.12. The van der Waals surface area contributed by atoms with E-state index >= 15 is 0 Å². The van der Waals surface area contributed by atoms with Crippen LogP contribution >= 0.6 is 0 Å². The quantitative estimate of drug-likeness (QED) is 0.385. The highest BCUT2D eigenvalue weighted by Gasteiger charge is 2.12. The van der Waals surface area contributed by atoms with E-state index in [-0.39, 0.29) is 24.9 Å². The molecular formula is C11H18N4O4. The maximum absolute atomic E-state index is 11.5. The van der Waals surface area contributed by atoms with Gasteiger partial charge in [-0.1, -0.05) is 12.8 Å². The van der Waals surface area contributed by atoms with Gasteiger partial charge in [0.2, 0.25) is 5.91 Å². The normalized spacial score (nSPS) is 10.4. The summed E-state index contributed by atoms with van der Waals surface area (Å²) in [5.41, 5.74) is 0. The number of rotatable bonds is 9. The van der Waals surface area contributed by atoms with Gasteiger partial charge in [-0.25, -0.2) is 0 Å². The number of unbranched alkanes of at least 4 members (excludes halogenated alkanes) is 3. The molecule has 0 saturated carbocycles. The number of aromatic nitrogens is 2. The van der Waals surface area contributed by atoms with E-state index in [0.29, 0.717) is 6.54 Å². The zero-order valence-electron chi connectivity index (χ0n) is 10.6. The summed E-state index contributed by atoms with van der Waals surface area (Å²) in [7, 11) is 0. The van der Waals surface area contributed by atoms with E-state index in [1.54, 1.807) is 0 Å². The minimum Gasteiger partial charge on any atom is -0.396 e. The van der Waals surface area contributed by atoms with E-state index in [1.165, 1.54) is 16.9 Å². The van der Waals surface area contributed by atoms with Crippen molar-refractivity contribution >= 4 is 11.7 Å². The molecule has 0 bridgehead atoms. The van der Waals surface area contributed by atoms with Gasteiger partial charge in [0.1, 0.15) is 6.54 Å². The van der Waals surface area contributed by atoms with Crippen LogP contribution < -0.4 is 5.32 Å². The van der Waals surface area contributed by atoms with Gasteiger partial charge in [0.05, 0.1) is 17.4 Å². The van der Waals surface area contributed by atoms with Gasteiger partial charge >= 0.3 is 5.82 Å². The Morgan fingerprint density at radius 1 is 1.42 bits per heavy atom. The molecule has 8 nitrogen and oxygen atoms in total. The molecule has 0 aliphatic carbocycles. The first-order chi connectivity index (χ1) is 9.13. The lowest BCUT2D eigenvalue weighted by molar-refractivity contribution is -0.389. The third kappa shape index (κ3) is 5.96. The highest BCUT2D eigenvalue weighted by atomic mass is 16.6. The Morgan fingerprint density at radius 2 is 2.16 bits per heavy atom. The fourth-order valence-electron chi connectivity index (χ4n) is 1.56. The van der Waals surface area contributed by atoms with Gasteiger partial charge in [0, 0.05) is 13.2 Å². The molecule has 0 fully saturated rings. The van der Waals surface area contributed by atoms with Crippen LogP contribution in [0.25, 0.3) is 0 Å². The minimum absolute atomic E-state index is 0.0233. The number of carbonyl (C=O) groups is 1. The molecule has 1 rings (SSSR count). The predicted molar refractivity (Wildman–Crippen MR) is 67.4 cm³/mol. The summed E-state index contributed by atoms with van der Waals surface area (Å²) in [6.45, 7) is 0.739. The molecule has 0 aliphatic heterocycles. The van der Waals surface area contributed by atoms with Crippen molar-refractivity contribution in [3.8, 4) is 0 Å². The Balaban J connectivity index is 2.18. The van der Waals surface area contributed by atoms with E-state index in [1.807, 2.05) is 0 Å². The smallest absolute Gasteiger partial charge is 0.389 e. The van der Waals surface area contributed by atoms with Crippen LogP contribution in [0.2, 0.25) is 0 Å². The maximum Gasteiger partial charge on any atom is 0.389 e. The number of nitrogens with zero attached hydrogens (tertiary/aromatic N) is 3. The highest BCUT2D eigenvalue weighted by molar-refractivity contribution is 5.75. The third-order valence-electron chi connectivity index (χ3n) is 2.53. The number of aliphatic hydroxyl groups excluding tert-OH is 1. The summed E-state index contributed by atoms with van der Waals surface area (Å²) in [6, 6.07) is 1.25. The van der Waals surface area contributed by atoms with Crippen LogP contribution in [0.15, 0.2) is 12.3 Å². The van der Waals surface area contributed by atoms with Crippen molar-refractivity contribution in [2.75, 3.05) is 13.2 Å². The molecule has 0 unspecified atom stereocenters. The molecule has 2 N–H and O–H groups in total. The summed E-state index contributed by atoms with van der Waals surface area (Å²) in [6.07, 6.45) is 4.93. The molecule has 0 atom stereocenters. The fraction of sp³-hybridized carbons (Fsp3) is 0.636. The zero-order valence-corrected chi connectivity index (χ0v) is 10.6.